The molecular weight excluding hydrogens is 324 g/mol. The fraction of sp³-hybridized carbons (Fsp3) is 0.600. The van der Waals surface area contributed by atoms with Gasteiger partial charge in [0.05, 0.1) is 11.0 Å². The third-order valence-corrected chi connectivity index (χ3v) is 5.61. The van der Waals surface area contributed by atoms with Gasteiger partial charge in [-0.3, -0.25) is 0 Å². The minimum absolute atomic E-state index is 0. The Labute approximate surface area is 139 Å². The van der Waals surface area contributed by atoms with Gasteiger partial charge in [0.1, 0.15) is 5.75 Å². The number of rotatable bonds is 5. The summed E-state index contributed by atoms with van der Waals surface area (Å²) in [5, 5.41) is 0. The van der Waals surface area contributed by atoms with E-state index in [1.54, 1.807) is 28.6 Å². The molecule has 0 aliphatic carbocycles. The van der Waals surface area contributed by atoms with Crippen LogP contribution in [-0.2, 0) is 10.0 Å². The van der Waals surface area contributed by atoms with Gasteiger partial charge < -0.3 is 10.5 Å². The second-order valence-electron chi connectivity index (χ2n) is 5.64. The molecular formula is C15H25ClN2O3S. The summed E-state index contributed by atoms with van der Waals surface area (Å²) in [4.78, 5) is 0.305. The summed E-state index contributed by atoms with van der Waals surface area (Å²) in [5.74, 6) is 0.679. The maximum atomic E-state index is 12.7. The summed E-state index contributed by atoms with van der Waals surface area (Å²) < 4.78 is 32.5. The third kappa shape index (κ3) is 4.35. The molecule has 0 bridgehead atoms. The first kappa shape index (κ1) is 19.2. The largest absolute Gasteiger partial charge is 0.491 e. The Bertz CT molecular complexity index is 561. The van der Waals surface area contributed by atoms with Crippen molar-refractivity contribution in [1.29, 1.82) is 0 Å². The number of benzene rings is 1. The zero-order valence-corrected chi connectivity index (χ0v) is 14.7. The summed E-state index contributed by atoms with van der Waals surface area (Å²) in [6.07, 6.45) is 2.83. The maximum absolute atomic E-state index is 12.7. The molecule has 5 nitrogen and oxygen atoms in total. The highest BCUT2D eigenvalue weighted by Crippen LogP contribution is 2.26. The molecule has 1 saturated heterocycles. The average molecular weight is 349 g/mol. The van der Waals surface area contributed by atoms with E-state index in [9.17, 15) is 8.42 Å². The number of hydrogen-bond donors (Lipinski definition) is 1. The predicted octanol–water partition coefficient (Wildman–Crippen LogP) is 2.40. The van der Waals surface area contributed by atoms with Gasteiger partial charge in [0, 0.05) is 19.1 Å². The monoisotopic (exact) mass is 348 g/mol. The van der Waals surface area contributed by atoms with Crippen LogP contribution in [0, 0.1) is 0 Å². The molecule has 0 radical (unpaired) electrons. The van der Waals surface area contributed by atoms with Gasteiger partial charge in [-0.05, 0) is 51.0 Å². The van der Waals surface area contributed by atoms with Gasteiger partial charge in [-0.15, -0.1) is 12.4 Å². The minimum atomic E-state index is -3.47. The van der Waals surface area contributed by atoms with E-state index < -0.39 is 10.0 Å². The number of piperidine rings is 1. The zero-order chi connectivity index (χ0) is 15.5. The number of ether oxygens (including phenoxy) is 1. The van der Waals surface area contributed by atoms with Crippen LogP contribution in [0.1, 0.15) is 33.1 Å². The molecule has 1 aliphatic heterocycles. The predicted molar refractivity (Wildman–Crippen MR) is 90.0 cm³/mol. The summed E-state index contributed by atoms with van der Waals surface area (Å²) in [6, 6.07) is 6.53. The van der Waals surface area contributed by atoms with Crippen molar-refractivity contribution in [3.8, 4) is 5.75 Å². The van der Waals surface area contributed by atoms with Crippen LogP contribution in [0.15, 0.2) is 29.2 Å². The minimum Gasteiger partial charge on any atom is -0.491 e. The van der Waals surface area contributed by atoms with Gasteiger partial charge in [0.25, 0.3) is 0 Å². The van der Waals surface area contributed by atoms with Crippen LogP contribution in [0.3, 0.4) is 0 Å². The van der Waals surface area contributed by atoms with Gasteiger partial charge in [0.2, 0.25) is 10.0 Å². The molecule has 1 unspecified atom stereocenters. The van der Waals surface area contributed by atoms with Gasteiger partial charge in [-0.25, -0.2) is 8.42 Å². The molecule has 0 amide bonds. The van der Waals surface area contributed by atoms with Crippen molar-refractivity contribution in [3.05, 3.63) is 24.3 Å². The van der Waals surface area contributed by atoms with Crippen molar-refractivity contribution in [2.24, 2.45) is 5.73 Å². The van der Waals surface area contributed by atoms with Gasteiger partial charge in [-0.2, -0.15) is 4.31 Å². The van der Waals surface area contributed by atoms with Crippen LogP contribution in [0.5, 0.6) is 5.75 Å². The number of nitrogens with zero attached hydrogens (tertiary/aromatic N) is 1. The van der Waals surface area contributed by atoms with E-state index in [4.69, 9.17) is 10.5 Å². The van der Waals surface area contributed by atoms with Crippen LogP contribution in [0.4, 0.5) is 0 Å². The Balaban J connectivity index is 0.00000242. The quantitative estimate of drug-likeness (QED) is 0.886. The number of hydrogen-bond acceptors (Lipinski definition) is 4. The topological polar surface area (TPSA) is 72.6 Å². The van der Waals surface area contributed by atoms with E-state index in [-0.39, 0.29) is 24.6 Å². The SMILES string of the molecule is CC(C)Oc1ccc(S(=O)(=O)N2CCCCC2CN)cc1.Cl. The summed E-state index contributed by atoms with van der Waals surface area (Å²) in [6.45, 7) is 4.79. The first-order chi connectivity index (χ1) is 9.95. The van der Waals surface area contributed by atoms with Crippen LogP contribution >= 0.6 is 12.4 Å². The summed E-state index contributed by atoms with van der Waals surface area (Å²) >= 11 is 0. The summed E-state index contributed by atoms with van der Waals surface area (Å²) in [5.41, 5.74) is 5.72. The molecule has 7 heteroatoms. The van der Waals surface area contributed by atoms with Crippen LogP contribution < -0.4 is 10.5 Å². The lowest BCUT2D eigenvalue weighted by Gasteiger charge is -2.33. The molecule has 1 aromatic rings. The highest BCUT2D eigenvalue weighted by molar-refractivity contribution is 7.89. The first-order valence-corrected chi connectivity index (χ1v) is 8.88. The van der Waals surface area contributed by atoms with Crippen molar-refractivity contribution in [2.75, 3.05) is 13.1 Å². The fourth-order valence-corrected chi connectivity index (χ4v) is 4.33. The van der Waals surface area contributed by atoms with E-state index in [1.165, 1.54) is 0 Å². The smallest absolute Gasteiger partial charge is 0.243 e. The molecule has 0 spiro atoms. The summed E-state index contributed by atoms with van der Waals surface area (Å²) in [7, 11) is -3.47. The normalized spacial score (nSPS) is 19.7. The zero-order valence-electron chi connectivity index (χ0n) is 13.1. The second-order valence-corrected chi connectivity index (χ2v) is 7.53. The van der Waals surface area contributed by atoms with Crippen molar-refractivity contribution in [2.45, 2.75) is 50.2 Å². The van der Waals surface area contributed by atoms with Crippen LogP contribution in [-0.4, -0.2) is 38.0 Å². The molecule has 0 saturated carbocycles. The molecule has 1 aromatic carbocycles. The lowest BCUT2D eigenvalue weighted by Crippen LogP contribution is -2.47. The van der Waals surface area contributed by atoms with Crippen molar-refractivity contribution in [1.82, 2.24) is 4.31 Å². The molecule has 1 aliphatic rings. The van der Waals surface area contributed by atoms with Crippen LogP contribution in [0.2, 0.25) is 0 Å². The molecule has 126 valence electrons. The standard InChI is InChI=1S/C15H24N2O3S.ClH/c1-12(2)20-14-6-8-15(9-7-14)21(18,19)17-10-4-3-5-13(17)11-16;/h6-9,12-13H,3-5,10-11,16H2,1-2H3;1H. The Kier molecular flexibility index (Phi) is 7.12. The average Bonchev–Trinajstić information content (AvgIpc) is 2.47. The Hall–Kier alpha value is -0.820. The first-order valence-electron chi connectivity index (χ1n) is 7.44. The highest BCUT2D eigenvalue weighted by Gasteiger charge is 2.32. The highest BCUT2D eigenvalue weighted by atomic mass is 35.5. The van der Waals surface area contributed by atoms with Gasteiger partial charge in [0.15, 0.2) is 0 Å². The van der Waals surface area contributed by atoms with Gasteiger partial charge in [-0.1, -0.05) is 6.42 Å². The van der Waals surface area contributed by atoms with Gasteiger partial charge >= 0.3 is 0 Å². The van der Waals surface area contributed by atoms with E-state index >= 15 is 0 Å². The van der Waals surface area contributed by atoms with E-state index in [2.05, 4.69) is 0 Å². The number of halogens is 1. The second kappa shape index (κ2) is 8.15. The Morgan fingerprint density at radius 2 is 1.91 bits per heavy atom. The molecule has 2 N–H and O–H groups in total. The molecule has 1 fully saturated rings. The van der Waals surface area contributed by atoms with E-state index in [1.807, 2.05) is 13.8 Å². The Morgan fingerprint density at radius 3 is 2.45 bits per heavy atom. The number of nitrogens with two attached hydrogens (primary N) is 1. The third-order valence-electron chi connectivity index (χ3n) is 3.65. The molecule has 0 aromatic heterocycles. The van der Waals surface area contributed by atoms with E-state index in [0.717, 1.165) is 19.3 Å². The fourth-order valence-electron chi connectivity index (χ4n) is 2.62. The van der Waals surface area contributed by atoms with Crippen LogP contribution in [0.25, 0.3) is 0 Å². The Morgan fingerprint density at radius 1 is 1.27 bits per heavy atom. The van der Waals surface area contributed by atoms with Crippen molar-refractivity contribution >= 4 is 22.4 Å². The molecule has 22 heavy (non-hydrogen) atoms. The molecule has 2 rings (SSSR count). The number of sulfonamides is 1. The van der Waals surface area contributed by atoms with E-state index in [0.29, 0.717) is 23.7 Å². The maximum Gasteiger partial charge on any atom is 0.243 e. The lowest BCUT2D eigenvalue weighted by atomic mass is 10.1. The van der Waals surface area contributed by atoms with Crippen molar-refractivity contribution < 1.29 is 13.2 Å². The molecule has 1 atom stereocenters. The molecule has 1 heterocycles. The van der Waals surface area contributed by atoms with Crippen molar-refractivity contribution in [3.63, 3.8) is 0 Å². The lowest BCUT2D eigenvalue weighted by molar-refractivity contribution is 0.242.